The number of nitrogens with zero attached hydrogens (tertiary/aromatic N) is 1. The van der Waals surface area contributed by atoms with Crippen molar-refractivity contribution in [3.8, 4) is 5.75 Å². The van der Waals surface area contributed by atoms with Crippen molar-refractivity contribution in [2.24, 2.45) is 0 Å². The van der Waals surface area contributed by atoms with E-state index in [-0.39, 0.29) is 6.29 Å². The molecule has 0 amide bonds. The van der Waals surface area contributed by atoms with Crippen molar-refractivity contribution in [2.45, 2.75) is 33.2 Å². The lowest BCUT2D eigenvalue weighted by Crippen LogP contribution is -2.25. The van der Waals surface area contributed by atoms with Gasteiger partial charge in [-0.1, -0.05) is 36.4 Å². The first kappa shape index (κ1) is 17.9. The van der Waals surface area contributed by atoms with Crippen LogP contribution in [0.5, 0.6) is 5.75 Å². The first-order valence-electron chi connectivity index (χ1n) is 9.05. The number of ether oxygens (including phenoxy) is 3. The molecule has 0 saturated carbocycles. The normalized spacial score (nSPS) is 14.8. The van der Waals surface area contributed by atoms with Gasteiger partial charge in [0.15, 0.2) is 6.29 Å². The Kier molecular flexibility index (Phi) is 6.45. The highest BCUT2D eigenvalue weighted by Gasteiger charge is 2.19. The van der Waals surface area contributed by atoms with Crippen molar-refractivity contribution in [3.63, 3.8) is 0 Å². The van der Waals surface area contributed by atoms with Crippen LogP contribution in [-0.2, 0) is 22.6 Å². The number of benzene rings is 2. The molecule has 0 aliphatic carbocycles. The summed E-state index contributed by atoms with van der Waals surface area (Å²) in [6, 6.07) is 16.8. The van der Waals surface area contributed by atoms with E-state index in [2.05, 4.69) is 41.3 Å². The van der Waals surface area contributed by atoms with Gasteiger partial charge in [0.1, 0.15) is 12.4 Å². The molecule has 4 heteroatoms. The summed E-state index contributed by atoms with van der Waals surface area (Å²) < 4.78 is 17.4. The smallest absolute Gasteiger partial charge is 0.183 e. The van der Waals surface area contributed by atoms with E-state index in [1.54, 1.807) is 0 Å². The Labute approximate surface area is 150 Å². The van der Waals surface area contributed by atoms with Crippen LogP contribution in [0.2, 0.25) is 0 Å². The molecule has 3 rings (SSSR count). The highest BCUT2D eigenvalue weighted by Crippen LogP contribution is 2.29. The number of hydrogen-bond acceptors (Lipinski definition) is 4. The van der Waals surface area contributed by atoms with Crippen molar-refractivity contribution in [2.75, 3.05) is 26.4 Å². The van der Waals surface area contributed by atoms with Crippen LogP contribution in [0, 0.1) is 0 Å². The molecule has 0 unspecified atom stereocenters. The van der Waals surface area contributed by atoms with Crippen LogP contribution in [0.25, 0.3) is 0 Å². The van der Waals surface area contributed by atoms with Crippen LogP contribution in [0.15, 0.2) is 48.5 Å². The topological polar surface area (TPSA) is 30.9 Å². The third kappa shape index (κ3) is 4.82. The molecule has 2 aromatic carbocycles. The molecule has 0 aromatic heterocycles. The Morgan fingerprint density at radius 1 is 1.04 bits per heavy atom. The lowest BCUT2D eigenvalue weighted by Gasteiger charge is -2.21. The third-order valence-electron chi connectivity index (χ3n) is 4.30. The fourth-order valence-corrected chi connectivity index (χ4v) is 3.13. The fourth-order valence-electron chi connectivity index (χ4n) is 3.13. The summed E-state index contributed by atoms with van der Waals surface area (Å²) in [7, 11) is 0. The van der Waals surface area contributed by atoms with Gasteiger partial charge < -0.3 is 14.2 Å². The van der Waals surface area contributed by atoms with Crippen LogP contribution in [-0.4, -0.2) is 31.3 Å². The second-order valence-electron chi connectivity index (χ2n) is 6.15. The maximum atomic E-state index is 5.95. The Hall–Kier alpha value is -1.88. The zero-order chi connectivity index (χ0) is 17.5. The van der Waals surface area contributed by atoms with Crippen LogP contribution in [0.3, 0.4) is 0 Å². The monoisotopic (exact) mass is 341 g/mol. The Morgan fingerprint density at radius 3 is 2.52 bits per heavy atom. The lowest BCUT2D eigenvalue weighted by molar-refractivity contribution is -0.140. The van der Waals surface area contributed by atoms with E-state index >= 15 is 0 Å². The molecule has 0 bridgehead atoms. The quantitative estimate of drug-likeness (QED) is 0.708. The summed E-state index contributed by atoms with van der Waals surface area (Å²) in [6.45, 7) is 8.63. The van der Waals surface area contributed by atoms with Gasteiger partial charge in [0.05, 0.1) is 0 Å². The van der Waals surface area contributed by atoms with Crippen LogP contribution in [0.4, 0.5) is 0 Å². The second kappa shape index (κ2) is 8.99. The van der Waals surface area contributed by atoms with E-state index in [0.717, 1.165) is 30.9 Å². The van der Waals surface area contributed by atoms with Gasteiger partial charge in [0, 0.05) is 44.0 Å². The zero-order valence-electron chi connectivity index (χ0n) is 15.1. The fraction of sp³-hybridized carbons (Fsp3) is 0.429. The minimum Gasteiger partial charge on any atom is -0.492 e. The highest BCUT2D eigenvalue weighted by molar-refractivity contribution is 5.38. The largest absolute Gasteiger partial charge is 0.492 e. The number of hydrogen-bond donors (Lipinski definition) is 0. The zero-order valence-corrected chi connectivity index (χ0v) is 15.1. The minimum atomic E-state index is -0.314. The van der Waals surface area contributed by atoms with E-state index in [1.165, 1.54) is 11.1 Å². The molecule has 0 fully saturated rings. The molecule has 25 heavy (non-hydrogen) atoms. The molecule has 0 radical (unpaired) electrons. The molecule has 4 nitrogen and oxygen atoms in total. The van der Waals surface area contributed by atoms with Crippen molar-refractivity contribution in [1.82, 2.24) is 4.90 Å². The van der Waals surface area contributed by atoms with Gasteiger partial charge >= 0.3 is 0 Å². The first-order valence-corrected chi connectivity index (χ1v) is 9.05. The van der Waals surface area contributed by atoms with Gasteiger partial charge in [0.2, 0.25) is 0 Å². The van der Waals surface area contributed by atoms with Crippen LogP contribution < -0.4 is 4.74 Å². The van der Waals surface area contributed by atoms with Crippen LogP contribution >= 0.6 is 0 Å². The molecular weight excluding hydrogens is 314 g/mol. The van der Waals surface area contributed by atoms with Gasteiger partial charge in [-0.3, -0.25) is 4.90 Å². The summed E-state index contributed by atoms with van der Waals surface area (Å²) in [6.07, 6.45) is -0.314. The summed E-state index contributed by atoms with van der Waals surface area (Å²) >= 11 is 0. The molecule has 0 saturated heterocycles. The average molecular weight is 341 g/mol. The summed E-state index contributed by atoms with van der Waals surface area (Å²) in [5.41, 5.74) is 3.56. The Bertz CT molecular complexity index is 653. The van der Waals surface area contributed by atoms with Gasteiger partial charge in [-0.05, 0) is 31.5 Å². The summed E-state index contributed by atoms with van der Waals surface area (Å²) in [5.74, 6) is 0.964. The molecule has 134 valence electrons. The average Bonchev–Trinajstić information content (AvgIpc) is 2.83. The molecule has 1 aliphatic rings. The second-order valence-corrected chi connectivity index (χ2v) is 6.15. The van der Waals surface area contributed by atoms with Crippen molar-refractivity contribution >= 4 is 0 Å². The van der Waals surface area contributed by atoms with Crippen molar-refractivity contribution in [1.29, 1.82) is 0 Å². The highest BCUT2D eigenvalue weighted by atomic mass is 16.7. The van der Waals surface area contributed by atoms with Gasteiger partial charge in [-0.25, -0.2) is 0 Å². The maximum absolute atomic E-state index is 5.95. The Morgan fingerprint density at radius 2 is 1.80 bits per heavy atom. The van der Waals surface area contributed by atoms with Crippen LogP contribution in [0.1, 0.15) is 36.8 Å². The molecule has 0 N–H and O–H groups in total. The number of fused-ring (bicyclic) bond motifs is 1. The molecule has 1 aliphatic heterocycles. The SMILES string of the molecule is CCOC(OCC)c1ccc2c(c1)CN(Cc1ccccc1)CCO2. The first-order chi connectivity index (χ1) is 12.3. The third-order valence-corrected chi connectivity index (χ3v) is 4.30. The van der Waals surface area contributed by atoms with Gasteiger partial charge in [-0.2, -0.15) is 0 Å². The van der Waals surface area contributed by atoms with Gasteiger partial charge in [0.25, 0.3) is 0 Å². The van der Waals surface area contributed by atoms with E-state index in [4.69, 9.17) is 14.2 Å². The summed E-state index contributed by atoms with van der Waals surface area (Å²) in [5, 5.41) is 0. The van der Waals surface area contributed by atoms with E-state index in [9.17, 15) is 0 Å². The molecule has 0 spiro atoms. The predicted molar refractivity (Wildman–Crippen MR) is 98.5 cm³/mol. The van der Waals surface area contributed by atoms with Gasteiger partial charge in [-0.15, -0.1) is 0 Å². The van der Waals surface area contributed by atoms with E-state index < -0.39 is 0 Å². The van der Waals surface area contributed by atoms with E-state index in [0.29, 0.717) is 19.8 Å². The lowest BCUT2D eigenvalue weighted by atomic mass is 10.1. The Balaban J connectivity index is 1.77. The molecular formula is C21H27NO3. The van der Waals surface area contributed by atoms with E-state index in [1.807, 2.05) is 26.0 Å². The number of rotatable bonds is 7. The summed E-state index contributed by atoms with van der Waals surface area (Å²) in [4.78, 5) is 2.42. The van der Waals surface area contributed by atoms with Crippen molar-refractivity contribution < 1.29 is 14.2 Å². The molecule has 2 aromatic rings. The molecule has 0 atom stereocenters. The predicted octanol–water partition coefficient (Wildman–Crippen LogP) is 4.15. The maximum Gasteiger partial charge on any atom is 0.183 e. The van der Waals surface area contributed by atoms with Crippen molar-refractivity contribution in [3.05, 3.63) is 65.2 Å². The standard InChI is InChI=1S/C21H27NO3/c1-3-23-21(24-4-2)18-10-11-20-19(14-18)16-22(12-13-25-20)15-17-8-6-5-7-9-17/h5-11,14,21H,3-4,12-13,15-16H2,1-2H3. The molecule has 1 heterocycles. The minimum absolute atomic E-state index is 0.314.